The molecule has 6 nitrogen and oxygen atoms in total. The van der Waals surface area contributed by atoms with Crippen LogP contribution < -0.4 is 0 Å². The maximum Gasteiger partial charge on any atom is 0.270 e. The summed E-state index contributed by atoms with van der Waals surface area (Å²) in [6.07, 6.45) is 3.01. The number of H-pyrrole nitrogens is 1. The number of nitrogens with zero attached hydrogens (tertiary/aromatic N) is 2. The molecule has 30 heavy (non-hydrogen) atoms. The quantitative estimate of drug-likeness (QED) is 0.699. The number of fused-ring (bicyclic) bond motifs is 2. The number of aromatic nitrogens is 1. The summed E-state index contributed by atoms with van der Waals surface area (Å²) >= 11 is 0. The Labute approximate surface area is 174 Å². The predicted octanol–water partition coefficient (Wildman–Crippen LogP) is 2.94. The Morgan fingerprint density at radius 1 is 0.933 bits per heavy atom. The van der Waals surface area contributed by atoms with Crippen molar-refractivity contribution in [3.63, 3.8) is 0 Å². The van der Waals surface area contributed by atoms with E-state index in [0.717, 1.165) is 24.8 Å². The fraction of sp³-hybridized carbons (Fsp3) is 0.318. The number of rotatable bonds is 3. The smallest absolute Gasteiger partial charge is 0.270 e. The van der Waals surface area contributed by atoms with Crippen LogP contribution in [0.5, 0.6) is 0 Å². The van der Waals surface area contributed by atoms with Crippen LogP contribution in [0.2, 0.25) is 0 Å². The van der Waals surface area contributed by atoms with Crippen LogP contribution in [0.25, 0.3) is 10.9 Å². The number of carbonyl (C=O) groups excluding carboxylic acids is 1. The molecular formula is C22H22FN3O3S. The highest BCUT2D eigenvalue weighted by molar-refractivity contribution is 7.89. The largest absolute Gasteiger partial charge is 0.351 e. The molecule has 8 heteroatoms. The molecule has 0 radical (unpaired) electrons. The average molecular weight is 428 g/mol. The molecule has 0 atom stereocenters. The normalized spacial score (nSPS) is 17.4. The van der Waals surface area contributed by atoms with Gasteiger partial charge in [0.05, 0.1) is 4.90 Å². The van der Waals surface area contributed by atoms with E-state index in [0.29, 0.717) is 34.6 Å². The zero-order valence-corrected chi connectivity index (χ0v) is 17.2. The lowest BCUT2D eigenvalue weighted by atomic mass is 10.1. The summed E-state index contributed by atoms with van der Waals surface area (Å²) < 4.78 is 41.0. The van der Waals surface area contributed by atoms with Gasteiger partial charge in [0.2, 0.25) is 10.0 Å². The van der Waals surface area contributed by atoms with Crippen LogP contribution in [0, 0.1) is 5.82 Å². The van der Waals surface area contributed by atoms with E-state index in [1.807, 2.05) is 6.07 Å². The Morgan fingerprint density at radius 2 is 1.70 bits per heavy atom. The van der Waals surface area contributed by atoms with Crippen molar-refractivity contribution in [2.75, 3.05) is 26.2 Å². The van der Waals surface area contributed by atoms with E-state index in [9.17, 15) is 17.6 Å². The third-order valence-corrected chi connectivity index (χ3v) is 7.94. The number of carbonyl (C=O) groups is 1. The molecule has 0 spiro atoms. The summed E-state index contributed by atoms with van der Waals surface area (Å²) in [7, 11) is -3.58. The molecule has 1 N–H and O–H groups in total. The molecule has 2 aliphatic rings. The van der Waals surface area contributed by atoms with Crippen LogP contribution >= 0.6 is 0 Å². The number of sulfonamides is 1. The minimum atomic E-state index is -3.58. The second kappa shape index (κ2) is 7.21. The molecule has 156 valence electrons. The highest BCUT2D eigenvalue weighted by Gasteiger charge is 2.31. The van der Waals surface area contributed by atoms with Gasteiger partial charge in [-0.15, -0.1) is 0 Å². The average Bonchev–Trinajstić information content (AvgIpc) is 3.39. The van der Waals surface area contributed by atoms with Gasteiger partial charge in [0, 0.05) is 37.1 Å². The third kappa shape index (κ3) is 3.30. The SMILES string of the molecule is O=C(c1cc2cc(F)ccc2[nH]1)N1CCN(S(=O)(=O)c2ccc3c(c2)CCC3)CC1. The van der Waals surface area contributed by atoms with Crippen molar-refractivity contribution >= 4 is 26.8 Å². The number of aryl methyl sites for hydroxylation is 2. The molecule has 0 unspecified atom stereocenters. The molecule has 1 amide bonds. The Bertz CT molecular complexity index is 1240. The van der Waals surface area contributed by atoms with Gasteiger partial charge in [-0.1, -0.05) is 6.07 Å². The maximum atomic E-state index is 13.4. The fourth-order valence-corrected chi connectivity index (χ4v) is 5.85. The number of hydrogen-bond donors (Lipinski definition) is 1. The van der Waals surface area contributed by atoms with Gasteiger partial charge in [-0.25, -0.2) is 12.8 Å². The van der Waals surface area contributed by atoms with E-state index in [2.05, 4.69) is 4.98 Å². The zero-order chi connectivity index (χ0) is 20.9. The summed E-state index contributed by atoms with van der Waals surface area (Å²) in [5, 5.41) is 0.635. The fourth-order valence-electron chi connectivity index (χ4n) is 4.38. The van der Waals surface area contributed by atoms with Crippen molar-refractivity contribution in [2.45, 2.75) is 24.2 Å². The van der Waals surface area contributed by atoms with E-state index in [4.69, 9.17) is 0 Å². The molecule has 5 rings (SSSR count). The molecule has 0 bridgehead atoms. The van der Waals surface area contributed by atoms with Gasteiger partial charge in [0.1, 0.15) is 11.5 Å². The van der Waals surface area contributed by atoms with Crippen LogP contribution in [0.4, 0.5) is 4.39 Å². The van der Waals surface area contributed by atoms with Gasteiger partial charge in [-0.2, -0.15) is 4.31 Å². The first-order valence-electron chi connectivity index (χ1n) is 10.1. The van der Waals surface area contributed by atoms with Gasteiger partial charge in [-0.3, -0.25) is 4.79 Å². The second-order valence-electron chi connectivity index (χ2n) is 7.89. The van der Waals surface area contributed by atoms with Crippen molar-refractivity contribution in [3.05, 3.63) is 65.1 Å². The molecule has 2 heterocycles. The van der Waals surface area contributed by atoms with Crippen LogP contribution in [-0.4, -0.2) is 54.7 Å². The molecule has 2 aromatic carbocycles. The van der Waals surface area contributed by atoms with Crippen molar-refractivity contribution in [1.29, 1.82) is 0 Å². The molecular weight excluding hydrogens is 405 g/mol. The minimum absolute atomic E-state index is 0.207. The van der Waals surface area contributed by atoms with Crippen molar-refractivity contribution in [2.24, 2.45) is 0 Å². The molecule has 1 saturated heterocycles. The Balaban J connectivity index is 1.30. The van der Waals surface area contributed by atoms with Crippen LogP contribution in [0.3, 0.4) is 0 Å². The van der Waals surface area contributed by atoms with E-state index in [1.165, 1.54) is 22.0 Å². The number of hydrogen-bond acceptors (Lipinski definition) is 3. The van der Waals surface area contributed by atoms with E-state index >= 15 is 0 Å². The molecule has 1 aliphatic heterocycles. The van der Waals surface area contributed by atoms with Crippen LogP contribution in [0.1, 0.15) is 28.0 Å². The summed E-state index contributed by atoms with van der Waals surface area (Å²) in [6.45, 7) is 1.12. The maximum absolute atomic E-state index is 13.4. The Kier molecular flexibility index (Phi) is 4.63. The van der Waals surface area contributed by atoms with Gasteiger partial charge in [-0.05, 0) is 66.8 Å². The number of piperazine rings is 1. The highest BCUT2D eigenvalue weighted by atomic mass is 32.2. The first-order valence-corrected chi connectivity index (χ1v) is 11.6. The monoisotopic (exact) mass is 427 g/mol. The predicted molar refractivity (Wildman–Crippen MR) is 111 cm³/mol. The lowest BCUT2D eigenvalue weighted by molar-refractivity contribution is 0.0693. The number of nitrogens with one attached hydrogen (secondary N) is 1. The number of amides is 1. The number of aromatic amines is 1. The lowest BCUT2D eigenvalue weighted by Gasteiger charge is -2.33. The van der Waals surface area contributed by atoms with Gasteiger partial charge < -0.3 is 9.88 Å². The Morgan fingerprint density at radius 3 is 2.50 bits per heavy atom. The molecule has 1 aromatic heterocycles. The second-order valence-corrected chi connectivity index (χ2v) is 9.83. The molecule has 1 aliphatic carbocycles. The summed E-state index contributed by atoms with van der Waals surface area (Å²) in [6, 6.07) is 11.4. The van der Waals surface area contributed by atoms with Crippen molar-refractivity contribution in [3.8, 4) is 0 Å². The number of halogens is 1. The lowest BCUT2D eigenvalue weighted by Crippen LogP contribution is -2.50. The summed E-state index contributed by atoms with van der Waals surface area (Å²) in [5.74, 6) is -0.563. The van der Waals surface area contributed by atoms with E-state index < -0.39 is 10.0 Å². The van der Waals surface area contributed by atoms with E-state index in [-0.39, 0.29) is 24.8 Å². The van der Waals surface area contributed by atoms with Crippen molar-refractivity contribution in [1.82, 2.24) is 14.2 Å². The minimum Gasteiger partial charge on any atom is -0.351 e. The first-order chi connectivity index (χ1) is 14.4. The van der Waals surface area contributed by atoms with Gasteiger partial charge >= 0.3 is 0 Å². The van der Waals surface area contributed by atoms with E-state index in [1.54, 1.807) is 29.2 Å². The summed E-state index contributed by atoms with van der Waals surface area (Å²) in [5.41, 5.74) is 3.44. The van der Waals surface area contributed by atoms with Gasteiger partial charge in [0.25, 0.3) is 5.91 Å². The molecule has 0 saturated carbocycles. The van der Waals surface area contributed by atoms with Crippen LogP contribution in [-0.2, 0) is 22.9 Å². The molecule has 3 aromatic rings. The van der Waals surface area contributed by atoms with Gasteiger partial charge in [0.15, 0.2) is 0 Å². The summed E-state index contributed by atoms with van der Waals surface area (Å²) in [4.78, 5) is 17.8. The topological polar surface area (TPSA) is 73.5 Å². The Hall–Kier alpha value is -2.71. The molecule has 1 fully saturated rings. The zero-order valence-electron chi connectivity index (χ0n) is 16.4. The highest BCUT2D eigenvalue weighted by Crippen LogP contribution is 2.27. The van der Waals surface area contributed by atoms with Crippen molar-refractivity contribution < 1.29 is 17.6 Å². The first kappa shape index (κ1) is 19.3. The van der Waals surface area contributed by atoms with Crippen LogP contribution in [0.15, 0.2) is 47.4 Å². The third-order valence-electron chi connectivity index (χ3n) is 6.05. The standard InChI is InChI=1S/C22H22FN3O3S/c23-18-5-7-20-17(12-18)14-21(24-20)22(27)25-8-10-26(11-9-25)30(28,29)19-6-4-15-2-1-3-16(15)13-19/h4-7,12-14,24H,1-3,8-11H2. The number of benzene rings is 2.